The van der Waals surface area contributed by atoms with Crippen LogP contribution < -0.4 is 16.1 Å². The van der Waals surface area contributed by atoms with E-state index >= 15 is 0 Å². The second-order valence-electron chi connectivity index (χ2n) is 9.20. The number of carbonyl (C=O) groups is 1. The van der Waals surface area contributed by atoms with Crippen LogP contribution in [0.25, 0.3) is 11.3 Å². The van der Waals surface area contributed by atoms with Crippen LogP contribution in [0.15, 0.2) is 42.5 Å². The topological polar surface area (TPSA) is 82.8 Å². The van der Waals surface area contributed by atoms with Crippen molar-refractivity contribution in [1.82, 2.24) is 20.4 Å². The minimum atomic E-state index is 0.212. The van der Waals surface area contributed by atoms with Gasteiger partial charge in [-0.1, -0.05) is 68.9 Å². The molecule has 1 aromatic carbocycles. The first kappa shape index (κ1) is 25.2. The number of hydrogen-bond donors (Lipinski definition) is 3. The molecule has 0 spiro atoms. The summed E-state index contributed by atoms with van der Waals surface area (Å²) in [6.07, 6.45) is 13.5. The monoisotopic (exact) mass is 451 g/mol. The number of unbranched alkanes of at least 4 members (excludes halogenated alkanes) is 7. The Morgan fingerprint density at radius 1 is 1.00 bits per heavy atom. The summed E-state index contributed by atoms with van der Waals surface area (Å²) in [4.78, 5) is 11.9. The number of aromatic nitrogens is 2. The molecule has 1 aromatic heterocycles. The molecule has 6 nitrogen and oxygen atoms in total. The fourth-order valence-electron chi connectivity index (χ4n) is 4.48. The third kappa shape index (κ3) is 9.50. The average Bonchev–Trinajstić information content (AvgIpc) is 3.35. The van der Waals surface area contributed by atoms with Gasteiger partial charge in [-0.25, -0.2) is 4.68 Å². The molecular weight excluding hydrogens is 410 g/mol. The van der Waals surface area contributed by atoms with E-state index in [4.69, 9.17) is 5.41 Å². The van der Waals surface area contributed by atoms with Crippen LogP contribution in [0.1, 0.15) is 77.0 Å². The van der Waals surface area contributed by atoms with E-state index in [2.05, 4.69) is 27.9 Å². The van der Waals surface area contributed by atoms with Crippen molar-refractivity contribution in [3.8, 4) is 11.3 Å². The van der Waals surface area contributed by atoms with E-state index < -0.39 is 0 Å². The summed E-state index contributed by atoms with van der Waals surface area (Å²) < 4.78 is 1.82. The van der Waals surface area contributed by atoms with E-state index in [-0.39, 0.29) is 5.91 Å². The summed E-state index contributed by atoms with van der Waals surface area (Å²) in [5, 5.41) is 19.3. The molecule has 33 heavy (non-hydrogen) atoms. The van der Waals surface area contributed by atoms with Crippen LogP contribution in [0.5, 0.6) is 0 Å². The lowest BCUT2D eigenvalue weighted by Gasteiger charge is -2.10. The molecule has 3 N–H and O–H groups in total. The molecule has 1 fully saturated rings. The maximum absolute atomic E-state index is 11.9. The average molecular weight is 452 g/mol. The van der Waals surface area contributed by atoms with E-state index in [0.29, 0.717) is 18.0 Å². The van der Waals surface area contributed by atoms with Gasteiger partial charge in [0.2, 0.25) is 5.91 Å². The highest BCUT2D eigenvalue weighted by Crippen LogP contribution is 2.15. The van der Waals surface area contributed by atoms with Crippen molar-refractivity contribution >= 4 is 5.91 Å². The molecule has 3 rings (SSSR count). The highest BCUT2D eigenvalue weighted by atomic mass is 16.1. The molecule has 6 heteroatoms. The van der Waals surface area contributed by atoms with Crippen molar-refractivity contribution in [2.24, 2.45) is 0 Å². The Hall–Kier alpha value is -2.47. The predicted molar refractivity (Wildman–Crippen MR) is 134 cm³/mol. The predicted octanol–water partition coefficient (Wildman–Crippen LogP) is 4.80. The van der Waals surface area contributed by atoms with Gasteiger partial charge >= 0.3 is 0 Å². The van der Waals surface area contributed by atoms with Crippen LogP contribution in [0.4, 0.5) is 0 Å². The Morgan fingerprint density at radius 2 is 1.73 bits per heavy atom. The molecule has 2 aromatic rings. The number of aryl methyl sites for hydroxylation is 1. The summed E-state index contributed by atoms with van der Waals surface area (Å²) in [7, 11) is 0. The van der Waals surface area contributed by atoms with Crippen LogP contribution in [0.3, 0.4) is 0 Å². The molecule has 0 bridgehead atoms. The van der Waals surface area contributed by atoms with E-state index in [9.17, 15) is 4.79 Å². The fraction of sp³-hybridized carbons (Fsp3) is 0.593. The zero-order valence-electron chi connectivity index (χ0n) is 20.0. The normalized spacial score (nSPS) is 15.6. The fourth-order valence-corrected chi connectivity index (χ4v) is 4.48. The van der Waals surface area contributed by atoms with Crippen molar-refractivity contribution in [3.63, 3.8) is 0 Å². The third-order valence-corrected chi connectivity index (χ3v) is 6.48. The van der Waals surface area contributed by atoms with Gasteiger partial charge in [-0.05, 0) is 50.8 Å². The molecule has 0 radical (unpaired) electrons. The summed E-state index contributed by atoms with van der Waals surface area (Å²) >= 11 is 0. The number of nitrogens with one attached hydrogen (secondary N) is 3. The van der Waals surface area contributed by atoms with E-state index in [1.165, 1.54) is 44.9 Å². The molecule has 1 saturated heterocycles. The van der Waals surface area contributed by atoms with Gasteiger partial charge in [-0.15, -0.1) is 0 Å². The maximum atomic E-state index is 11.9. The first-order valence-electron chi connectivity index (χ1n) is 12.9. The second-order valence-corrected chi connectivity index (χ2v) is 9.20. The lowest BCUT2D eigenvalue weighted by molar-refractivity contribution is -0.121. The Labute approximate surface area is 198 Å². The van der Waals surface area contributed by atoms with E-state index in [0.717, 1.165) is 56.6 Å². The summed E-state index contributed by atoms with van der Waals surface area (Å²) in [6.45, 7) is 2.73. The SMILES string of the molecule is N=c1ccc(-c2ccccc2)nn1CCCCCCCCCCC(=O)NCCC1CCCN1. The van der Waals surface area contributed by atoms with Gasteiger partial charge in [0.15, 0.2) is 0 Å². The first-order valence-corrected chi connectivity index (χ1v) is 12.9. The molecule has 180 valence electrons. The largest absolute Gasteiger partial charge is 0.356 e. The third-order valence-electron chi connectivity index (χ3n) is 6.48. The lowest BCUT2D eigenvalue weighted by Crippen LogP contribution is -2.30. The van der Waals surface area contributed by atoms with Gasteiger partial charge in [0.1, 0.15) is 5.49 Å². The van der Waals surface area contributed by atoms with E-state index in [1.54, 1.807) is 0 Å². The highest BCUT2D eigenvalue weighted by molar-refractivity contribution is 5.75. The van der Waals surface area contributed by atoms with Crippen LogP contribution in [0.2, 0.25) is 0 Å². The van der Waals surface area contributed by atoms with Crippen molar-refractivity contribution in [3.05, 3.63) is 48.0 Å². The lowest BCUT2D eigenvalue weighted by atomic mass is 10.1. The van der Waals surface area contributed by atoms with Crippen molar-refractivity contribution in [2.45, 2.75) is 89.6 Å². The van der Waals surface area contributed by atoms with Crippen molar-refractivity contribution in [1.29, 1.82) is 5.41 Å². The van der Waals surface area contributed by atoms with Crippen LogP contribution >= 0.6 is 0 Å². The molecular formula is C27H41N5O. The van der Waals surface area contributed by atoms with Gasteiger partial charge in [0.25, 0.3) is 0 Å². The van der Waals surface area contributed by atoms with Gasteiger partial charge < -0.3 is 10.6 Å². The van der Waals surface area contributed by atoms with Crippen molar-refractivity contribution in [2.75, 3.05) is 13.1 Å². The van der Waals surface area contributed by atoms with Gasteiger partial charge in [-0.2, -0.15) is 5.10 Å². The molecule has 1 aliphatic heterocycles. The molecule has 2 heterocycles. The van der Waals surface area contributed by atoms with Gasteiger partial charge in [0.05, 0.1) is 5.69 Å². The minimum absolute atomic E-state index is 0.212. The van der Waals surface area contributed by atoms with Gasteiger partial charge in [-0.3, -0.25) is 10.2 Å². The van der Waals surface area contributed by atoms with E-state index in [1.807, 2.05) is 35.0 Å². The zero-order chi connectivity index (χ0) is 23.1. The Bertz CT molecular complexity index is 874. The number of carbonyl (C=O) groups excluding carboxylic acids is 1. The van der Waals surface area contributed by atoms with Crippen LogP contribution in [0, 0.1) is 5.41 Å². The molecule has 0 saturated carbocycles. The van der Waals surface area contributed by atoms with Crippen LogP contribution in [-0.2, 0) is 11.3 Å². The quantitative estimate of drug-likeness (QED) is 0.340. The Morgan fingerprint density at radius 3 is 2.45 bits per heavy atom. The minimum Gasteiger partial charge on any atom is -0.356 e. The van der Waals surface area contributed by atoms with Gasteiger partial charge in [0, 0.05) is 31.1 Å². The number of hydrogen-bond acceptors (Lipinski definition) is 4. The first-order chi connectivity index (χ1) is 16.2. The Balaban J connectivity index is 1.17. The molecule has 0 aliphatic carbocycles. The number of rotatable bonds is 15. The molecule has 1 unspecified atom stereocenters. The summed E-state index contributed by atoms with van der Waals surface area (Å²) in [5.74, 6) is 0.212. The molecule has 1 aliphatic rings. The van der Waals surface area contributed by atoms with Crippen LogP contribution in [-0.4, -0.2) is 34.8 Å². The summed E-state index contributed by atoms with van der Waals surface area (Å²) in [5.41, 5.74) is 2.48. The zero-order valence-corrected chi connectivity index (χ0v) is 20.0. The standard InChI is InChI=1S/C27H41N5O/c28-26-18-17-25(23-13-8-7-9-14-23)31-32(26)22-11-6-4-2-1-3-5-10-16-27(33)30-21-19-24-15-12-20-29-24/h7-9,13-14,17-18,24,28-29H,1-6,10-12,15-16,19-22H2,(H,30,33). The second kappa shape index (κ2) is 14.6. The maximum Gasteiger partial charge on any atom is 0.219 e. The highest BCUT2D eigenvalue weighted by Gasteiger charge is 2.13. The Kier molecular flexibility index (Phi) is 11.2. The number of amides is 1. The smallest absolute Gasteiger partial charge is 0.219 e. The molecule has 1 atom stereocenters. The molecule has 1 amide bonds. The van der Waals surface area contributed by atoms with Crippen molar-refractivity contribution < 1.29 is 4.79 Å². The summed E-state index contributed by atoms with van der Waals surface area (Å²) in [6, 6.07) is 14.5. The number of benzene rings is 1. The number of nitrogens with zero attached hydrogens (tertiary/aromatic N) is 2.